The van der Waals surface area contributed by atoms with E-state index < -0.39 is 0 Å². The van der Waals surface area contributed by atoms with Crippen LogP contribution in [0.2, 0.25) is 0 Å². The molecule has 204 valence electrons. The van der Waals surface area contributed by atoms with E-state index in [0.29, 0.717) is 59.0 Å². The Bertz CT molecular complexity index is 1470. The quantitative estimate of drug-likeness (QED) is 0.291. The summed E-state index contributed by atoms with van der Waals surface area (Å²) >= 11 is 0. The molecule has 4 rings (SSSR count). The second kappa shape index (κ2) is 12.4. The van der Waals surface area contributed by atoms with Crippen LogP contribution in [0.5, 0.6) is 11.6 Å². The molecule has 0 aliphatic heterocycles. The Hall–Kier alpha value is -4.48. The molecular weight excluding hydrogens is 500 g/mol. The van der Waals surface area contributed by atoms with Crippen LogP contribution in [0.25, 0.3) is 11.0 Å². The Morgan fingerprint density at radius 3 is 2.62 bits per heavy atom. The highest BCUT2D eigenvalue weighted by atomic mass is 16.5. The molecule has 2 amide bonds. The van der Waals surface area contributed by atoms with Crippen LogP contribution in [0.3, 0.4) is 0 Å². The van der Waals surface area contributed by atoms with Gasteiger partial charge in [-0.1, -0.05) is 6.07 Å². The van der Waals surface area contributed by atoms with Crippen LogP contribution in [-0.2, 0) is 9.53 Å². The van der Waals surface area contributed by atoms with Crippen molar-refractivity contribution >= 4 is 40.1 Å². The van der Waals surface area contributed by atoms with E-state index in [4.69, 9.17) is 13.9 Å². The van der Waals surface area contributed by atoms with Gasteiger partial charge in [0.25, 0.3) is 5.91 Å². The summed E-state index contributed by atoms with van der Waals surface area (Å²) < 4.78 is 16.8. The topological polar surface area (TPSA) is 122 Å². The van der Waals surface area contributed by atoms with E-state index in [0.717, 1.165) is 5.39 Å². The molecule has 0 radical (unpaired) electrons. The molecule has 2 heterocycles. The first-order chi connectivity index (χ1) is 18.7. The van der Waals surface area contributed by atoms with Crippen molar-refractivity contribution < 1.29 is 23.5 Å². The van der Waals surface area contributed by atoms with Crippen molar-refractivity contribution in [2.45, 2.75) is 6.92 Å². The molecule has 0 atom stereocenters. The molecule has 2 aromatic heterocycles. The Labute approximate surface area is 226 Å². The Kier molecular flexibility index (Phi) is 8.74. The van der Waals surface area contributed by atoms with Gasteiger partial charge >= 0.3 is 0 Å². The summed E-state index contributed by atoms with van der Waals surface area (Å²) in [7, 11) is 6.90. The summed E-state index contributed by atoms with van der Waals surface area (Å²) in [5, 5.41) is 6.75. The van der Waals surface area contributed by atoms with Crippen molar-refractivity contribution in [2.24, 2.45) is 0 Å². The number of anilines is 3. The molecule has 0 fully saturated rings. The number of carbonyl (C=O) groups excluding carboxylic acids is 2. The summed E-state index contributed by atoms with van der Waals surface area (Å²) in [5.74, 6) is 1.45. The Balaban J connectivity index is 1.43. The predicted molar refractivity (Wildman–Crippen MR) is 149 cm³/mol. The van der Waals surface area contributed by atoms with Crippen molar-refractivity contribution in [3.05, 3.63) is 66.1 Å². The molecule has 11 heteroatoms. The maximum Gasteiger partial charge on any atom is 0.257 e. The zero-order valence-corrected chi connectivity index (χ0v) is 22.6. The highest BCUT2D eigenvalue weighted by Gasteiger charge is 2.20. The largest absolute Gasteiger partial charge is 0.460 e. The molecule has 0 aliphatic rings. The molecule has 0 spiro atoms. The normalized spacial score (nSPS) is 11.0. The lowest BCUT2D eigenvalue weighted by molar-refractivity contribution is -0.117. The molecule has 0 bridgehead atoms. The summed E-state index contributed by atoms with van der Waals surface area (Å²) in [6.07, 6.45) is 1.58. The summed E-state index contributed by atoms with van der Waals surface area (Å²) in [5.41, 5.74) is 2.42. The first-order valence-corrected chi connectivity index (χ1v) is 12.3. The fraction of sp³-hybridized carbons (Fsp3) is 0.286. The van der Waals surface area contributed by atoms with Crippen LogP contribution in [0.15, 0.2) is 59.1 Å². The number of nitrogens with zero attached hydrogens (tertiary/aromatic N) is 4. The number of likely N-dealkylation sites (N-methyl/N-ethyl adjacent to an activating group) is 1. The highest BCUT2D eigenvalue weighted by Crippen LogP contribution is 2.31. The van der Waals surface area contributed by atoms with Crippen molar-refractivity contribution in [1.29, 1.82) is 0 Å². The fourth-order valence-corrected chi connectivity index (χ4v) is 3.91. The molecule has 0 saturated carbocycles. The number of hydrogen-bond acceptors (Lipinski definition) is 9. The Morgan fingerprint density at radius 1 is 1.05 bits per heavy atom. The molecule has 2 aromatic carbocycles. The van der Waals surface area contributed by atoms with Crippen LogP contribution in [0, 0.1) is 6.92 Å². The smallest absolute Gasteiger partial charge is 0.257 e. The number of aryl methyl sites for hydroxylation is 1. The number of rotatable bonds is 11. The zero-order valence-electron chi connectivity index (χ0n) is 22.6. The van der Waals surface area contributed by atoms with Crippen LogP contribution in [-0.4, -0.2) is 79.5 Å². The minimum atomic E-state index is -0.126. The summed E-state index contributed by atoms with van der Waals surface area (Å²) in [6, 6.07) is 14.2. The lowest BCUT2D eigenvalue weighted by atomic mass is 10.1. The van der Waals surface area contributed by atoms with Gasteiger partial charge in [0.2, 0.25) is 17.7 Å². The number of benzene rings is 2. The standard InChI is InChI=1S/C28H32N6O5/c1-18-26(27(36)33(2)3)22-10-9-21(16-23(22)38-18)39-25-11-12-29-28(32-25)31-20-8-6-7-19(15-20)30-24(35)17-34(4)13-14-37-5/h6-12,15-16H,13-14,17H2,1-5H3,(H,30,35)(H,29,31,32). The fourth-order valence-electron chi connectivity index (χ4n) is 3.91. The van der Waals surface area contributed by atoms with Gasteiger partial charge in [-0.05, 0) is 44.3 Å². The number of aromatic nitrogens is 2. The first-order valence-electron chi connectivity index (χ1n) is 12.3. The third kappa shape index (κ3) is 7.09. The molecule has 0 aliphatic carbocycles. The number of carbonyl (C=O) groups is 2. The van der Waals surface area contributed by atoms with E-state index in [1.807, 2.05) is 30.1 Å². The van der Waals surface area contributed by atoms with Gasteiger partial charge < -0.3 is 29.4 Å². The predicted octanol–water partition coefficient (Wildman–Crippen LogP) is 4.29. The van der Waals surface area contributed by atoms with Crippen molar-refractivity contribution in [3.8, 4) is 11.6 Å². The van der Waals surface area contributed by atoms with Crippen LogP contribution in [0.1, 0.15) is 16.1 Å². The van der Waals surface area contributed by atoms with Crippen LogP contribution < -0.4 is 15.4 Å². The van der Waals surface area contributed by atoms with E-state index in [1.165, 1.54) is 4.90 Å². The number of ether oxygens (including phenoxy) is 2. The first kappa shape index (κ1) is 27.6. The summed E-state index contributed by atoms with van der Waals surface area (Å²) in [6.45, 7) is 3.23. The average Bonchev–Trinajstić information content (AvgIpc) is 3.22. The van der Waals surface area contributed by atoms with Crippen LogP contribution >= 0.6 is 0 Å². The second-order valence-corrected chi connectivity index (χ2v) is 9.20. The lowest BCUT2D eigenvalue weighted by Gasteiger charge is -2.16. The second-order valence-electron chi connectivity index (χ2n) is 9.20. The number of furan rings is 1. The molecule has 2 N–H and O–H groups in total. The summed E-state index contributed by atoms with van der Waals surface area (Å²) in [4.78, 5) is 37.0. The monoisotopic (exact) mass is 532 g/mol. The maximum atomic E-state index is 12.5. The van der Waals surface area contributed by atoms with E-state index in [9.17, 15) is 9.59 Å². The van der Waals surface area contributed by atoms with E-state index >= 15 is 0 Å². The third-order valence-corrected chi connectivity index (χ3v) is 5.80. The number of amides is 2. The van der Waals surface area contributed by atoms with Crippen LogP contribution in [0.4, 0.5) is 17.3 Å². The average molecular weight is 533 g/mol. The lowest BCUT2D eigenvalue weighted by Crippen LogP contribution is -2.32. The molecule has 39 heavy (non-hydrogen) atoms. The highest BCUT2D eigenvalue weighted by molar-refractivity contribution is 6.07. The van der Waals surface area contributed by atoms with Gasteiger partial charge in [0.1, 0.15) is 17.1 Å². The number of fused-ring (bicyclic) bond motifs is 1. The van der Waals surface area contributed by atoms with Crippen molar-refractivity contribution in [3.63, 3.8) is 0 Å². The van der Waals surface area contributed by atoms with E-state index in [-0.39, 0.29) is 18.4 Å². The van der Waals surface area contributed by atoms with Gasteiger partial charge in [-0.2, -0.15) is 4.98 Å². The van der Waals surface area contributed by atoms with Gasteiger partial charge in [0.05, 0.1) is 18.7 Å². The number of methoxy groups -OCH3 is 1. The van der Waals surface area contributed by atoms with Gasteiger partial charge in [-0.25, -0.2) is 4.98 Å². The molecule has 0 saturated heterocycles. The molecule has 0 unspecified atom stereocenters. The van der Waals surface area contributed by atoms with E-state index in [1.54, 1.807) is 64.7 Å². The zero-order chi connectivity index (χ0) is 27.9. The minimum Gasteiger partial charge on any atom is -0.460 e. The molecule has 4 aromatic rings. The number of nitrogens with one attached hydrogen (secondary N) is 2. The van der Waals surface area contributed by atoms with Crippen molar-refractivity contribution in [1.82, 2.24) is 19.8 Å². The minimum absolute atomic E-state index is 0.121. The van der Waals surface area contributed by atoms with Gasteiger partial charge in [0, 0.05) is 62.8 Å². The van der Waals surface area contributed by atoms with Gasteiger partial charge in [0.15, 0.2) is 0 Å². The number of hydrogen-bond donors (Lipinski definition) is 2. The third-order valence-electron chi connectivity index (χ3n) is 5.80. The molecular formula is C28H32N6O5. The van der Waals surface area contributed by atoms with Gasteiger partial charge in [-0.3, -0.25) is 14.5 Å². The van der Waals surface area contributed by atoms with Gasteiger partial charge in [-0.15, -0.1) is 0 Å². The Morgan fingerprint density at radius 2 is 1.85 bits per heavy atom. The maximum absolute atomic E-state index is 12.5. The SMILES string of the molecule is COCCN(C)CC(=O)Nc1cccc(Nc2nccc(Oc3ccc4c(C(=O)N(C)C)c(C)oc4c3)n2)c1. The molecule has 11 nitrogen and oxygen atoms in total. The van der Waals surface area contributed by atoms with E-state index in [2.05, 4.69) is 20.6 Å². The van der Waals surface area contributed by atoms with Crippen molar-refractivity contribution in [2.75, 3.05) is 58.6 Å².